The summed E-state index contributed by atoms with van der Waals surface area (Å²) < 4.78 is 0. The van der Waals surface area contributed by atoms with Crippen LogP contribution in [-0.2, 0) is 11.2 Å². The molecule has 1 aromatic rings. The second-order valence-electron chi connectivity index (χ2n) is 3.43. The van der Waals surface area contributed by atoms with Crippen molar-refractivity contribution in [2.45, 2.75) is 19.4 Å². The van der Waals surface area contributed by atoms with Gasteiger partial charge in [0.25, 0.3) is 0 Å². The summed E-state index contributed by atoms with van der Waals surface area (Å²) >= 11 is 0. The highest BCUT2D eigenvalue weighted by atomic mass is 16.2. The summed E-state index contributed by atoms with van der Waals surface area (Å²) in [7, 11) is 3.43. The maximum Gasteiger partial charge on any atom is 0.241 e. The van der Waals surface area contributed by atoms with Gasteiger partial charge in [0.15, 0.2) is 0 Å². The molecule has 0 aliphatic heterocycles. The predicted molar refractivity (Wildman–Crippen MR) is 61.7 cm³/mol. The van der Waals surface area contributed by atoms with Gasteiger partial charge in [-0.2, -0.15) is 0 Å². The van der Waals surface area contributed by atoms with Crippen LogP contribution in [0.3, 0.4) is 0 Å². The lowest BCUT2D eigenvalue weighted by Crippen LogP contribution is -2.33. The van der Waals surface area contributed by atoms with E-state index in [0.717, 1.165) is 12.0 Å². The first-order valence-electron chi connectivity index (χ1n) is 5.20. The Labute approximate surface area is 90.9 Å². The standard InChI is InChI=1S/C12H18N2O/c1-4-9-5-7-10(8-6-9)11(13-2)12(15)14-3/h5-8,11,13H,4H2,1-3H3,(H,14,15). The minimum atomic E-state index is -0.263. The smallest absolute Gasteiger partial charge is 0.241 e. The van der Waals surface area contributed by atoms with E-state index in [0.29, 0.717) is 0 Å². The van der Waals surface area contributed by atoms with Gasteiger partial charge in [-0.05, 0) is 24.6 Å². The number of aryl methyl sites for hydroxylation is 1. The molecule has 0 saturated heterocycles. The first-order valence-corrected chi connectivity index (χ1v) is 5.20. The molecule has 15 heavy (non-hydrogen) atoms. The molecule has 2 N–H and O–H groups in total. The van der Waals surface area contributed by atoms with Crippen LogP contribution in [0.4, 0.5) is 0 Å². The quantitative estimate of drug-likeness (QED) is 0.778. The number of benzene rings is 1. The van der Waals surface area contributed by atoms with E-state index in [1.165, 1.54) is 5.56 Å². The van der Waals surface area contributed by atoms with Gasteiger partial charge in [0.2, 0.25) is 5.91 Å². The molecule has 0 aromatic heterocycles. The molecule has 1 aromatic carbocycles. The minimum absolute atomic E-state index is 0.0123. The maximum absolute atomic E-state index is 11.5. The van der Waals surface area contributed by atoms with Gasteiger partial charge in [-0.15, -0.1) is 0 Å². The Morgan fingerprint density at radius 1 is 1.27 bits per heavy atom. The van der Waals surface area contributed by atoms with Gasteiger partial charge in [0.05, 0.1) is 0 Å². The lowest BCUT2D eigenvalue weighted by atomic mass is 10.0. The highest BCUT2D eigenvalue weighted by Gasteiger charge is 2.16. The molecule has 0 aliphatic rings. The van der Waals surface area contributed by atoms with Gasteiger partial charge >= 0.3 is 0 Å². The van der Waals surface area contributed by atoms with E-state index >= 15 is 0 Å². The van der Waals surface area contributed by atoms with Gasteiger partial charge in [0, 0.05) is 7.05 Å². The van der Waals surface area contributed by atoms with Crippen LogP contribution in [0.15, 0.2) is 24.3 Å². The summed E-state index contributed by atoms with van der Waals surface area (Å²) in [5.41, 5.74) is 2.28. The molecule has 1 rings (SSSR count). The van der Waals surface area contributed by atoms with E-state index in [9.17, 15) is 4.79 Å². The van der Waals surface area contributed by atoms with Crippen LogP contribution in [0.25, 0.3) is 0 Å². The summed E-state index contributed by atoms with van der Waals surface area (Å²) in [6, 6.07) is 7.84. The molecule has 1 unspecified atom stereocenters. The number of likely N-dealkylation sites (N-methyl/N-ethyl adjacent to an activating group) is 2. The van der Waals surface area contributed by atoms with Crippen LogP contribution in [-0.4, -0.2) is 20.0 Å². The number of hydrogen-bond donors (Lipinski definition) is 2. The van der Waals surface area contributed by atoms with Gasteiger partial charge in [-0.3, -0.25) is 4.79 Å². The predicted octanol–water partition coefficient (Wildman–Crippen LogP) is 1.26. The maximum atomic E-state index is 11.5. The van der Waals surface area contributed by atoms with E-state index in [1.54, 1.807) is 14.1 Å². The summed E-state index contributed by atoms with van der Waals surface area (Å²) in [6.07, 6.45) is 1.02. The zero-order chi connectivity index (χ0) is 11.3. The lowest BCUT2D eigenvalue weighted by Gasteiger charge is -2.15. The Morgan fingerprint density at radius 3 is 2.27 bits per heavy atom. The molecule has 1 amide bonds. The zero-order valence-corrected chi connectivity index (χ0v) is 9.50. The molecule has 0 fully saturated rings. The molecule has 0 aliphatic carbocycles. The van der Waals surface area contributed by atoms with Crippen LogP contribution in [0.5, 0.6) is 0 Å². The molecular weight excluding hydrogens is 188 g/mol. The van der Waals surface area contributed by atoms with Gasteiger partial charge in [-0.25, -0.2) is 0 Å². The first-order chi connectivity index (χ1) is 7.22. The van der Waals surface area contributed by atoms with Crippen LogP contribution in [0.2, 0.25) is 0 Å². The Bertz CT molecular complexity index is 319. The van der Waals surface area contributed by atoms with Crippen LogP contribution in [0, 0.1) is 0 Å². The zero-order valence-electron chi connectivity index (χ0n) is 9.50. The van der Waals surface area contributed by atoms with Crippen molar-refractivity contribution in [3.63, 3.8) is 0 Å². The third-order valence-electron chi connectivity index (χ3n) is 2.52. The molecule has 3 heteroatoms. The normalized spacial score (nSPS) is 12.2. The molecule has 0 radical (unpaired) electrons. The monoisotopic (exact) mass is 206 g/mol. The van der Waals surface area contributed by atoms with E-state index in [1.807, 2.05) is 12.1 Å². The molecule has 0 spiro atoms. The first kappa shape index (κ1) is 11.7. The average Bonchev–Trinajstić information content (AvgIpc) is 2.30. The SMILES string of the molecule is CCc1ccc(C(NC)C(=O)NC)cc1. The van der Waals surface area contributed by atoms with E-state index in [-0.39, 0.29) is 11.9 Å². The minimum Gasteiger partial charge on any atom is -0.358 e. The Hall–Kier alpha value is -1.35. The number of rotatable bonds is 4. The molecule has 0 heterocycles. The number of carbonyl (C=O) groups is 1. The summed E-state index contributed by atoms with van der Waals surface area (Å²) in [5, 5.41) is 5.64. The van der Waals surface area contributed by atoms with E-state index in [2.05, 4.69) is 29.7 Å². The van der Waals surface area contributed by atoms with Crippen molar-refractivity contribution < 1.29 is 4.79 Å². The van der Waals surface area contributed by atoms with Crippen molar-refractivity contribution in [2.24, 2.45) is 0 Å². The highest BCUT2D eigenvalue weighted by molar-refractivity contribution is 5.82. The largest absolute Gasteiger partial charge is 0.358 e. The average molecular weight is 206 g/mol. The van der Waals surface area contributed by atoms with Crippen molar-refractivity contribution in [3.05, 3.63) is 35.4 Å². The molecule has 3 nitrogen and oxygen atoms in total. The topological polar surface area (TPSA) is 41.1 Å². The summed E-state index contributed by atoms with van der Waals surface area (Å²) in [5.74, 6) is -0.0123. The van der Waals surface area contributed by atoms with Gasteiger partial charge in [0.1, 0.15) is 6.04 Å². The van der Waals surface area contributed by atoms with E-state index in [4.69, 9.17) is 0 Å². The second-order valence-corrected chi connectivity index (χ2v) is 3.43. The highest BCUT2D eigenvalue weighted by Crippen LogP contribution is 2.13. The second kappa shape index (κ2) is 5.51. The van der Waals surface area contributed by atoms with Crippen molar-refractivity contribution in [2.75, 3.05) is 14.1 Å². The van der Waals surface area contributed by atoms with Crippen LogP contribution >= 0.6 is 0 Å². The van der Waals surface area contributed by atoms with Crippen LogP contribution in [0.1, 0.15) is 24.1 Å². The number of hydrogen-bond acceptors (Lipinski definition) is 2. The number of amides is 1. The fourth-order valence-corrected chi connectivity index (χ4v) is 1.54. The van der Waals surface area contributed by atoms with Gasteiger partial charge < -0.3 is 10.6 Å². The van der Waals surface area contributed by atoms with E-state index < -0.39 is 0 Å². The number of carbonyl (C=O) groups excluding carboxylic acids is 1. The van der Waals surface area contributed by atoms with Crippen molar-refractivity contribution in [1.29, 1.82) is 0 Å². The lowest BCUT2D eigenvalue weighted by molar-refractivity contribution is -0.122. The van der Waals surface area contributed by atoms with Crippen molar-refractivity contribution in [3.8, 4) is 0 Å². The molecule has 82 valence electrons. The molecule has 1 atom stereocenters. The Balaban J connectivity index is 2.87. The summed E-state index contributed by atoms with van der Waals surface area (Å²) in [6.45, 7) is 2.11. The molecule has 0 saturated carbocycles. The molecule has 0 bridgehead atoms. The molecular formula is C12H18N2O. The fraction of sp³-hybridized carbons (Fsp3) is 0.417. The number of nitrogens with one attached hydrogen (secondary N) is 2. The van der Waals surface area contributed by atoms with Gasteiger partial charge in [-0.1, -0.05) is 31.2 Å². The third kappa shape index (κ3) is 2.80. The van der Waals surface area contributed by atoms with Crippen molar-refractivity contribution >= 4 is 5.91 Å². The summed E-state index contributed by atoms with van der Waals surface area (Å²) in [4.78, 5) is 11.5. The van der Waals surface area contributed by atoms with Crippen LogP contribution < -0.4 is 10.6 Å². The Morgan fingerprint density at radius 2 is 1.87 bits per heavy atom. The Kier molecular flexibility index (Phi) is 4.31. The van der Waals surface area contributed by atoms with Crippen molar-refractivity contribution in [1.82, 2.24) is 10.6 Å². The third-order valence-corrected chi connectivity index (χ3v) is 2.52. The fourth-order valence-electron chi connectivity index (χ4n) is 1.54.